The first-order valence-electron chi connectivity index (χ1n) is 8.69. The first-order valence-corrected chi connectivity index (χ1v) is 8.69. The standard InChI is InChI=1S/2C12H10O2/c2*13-10-6-7-12(14)11(8-10)9-4-2-1-3-5-9/h2*1-8,13-14H. The lowest BCUT2D eigenvalue weighted by Crippen LogP contribution is -1.78. The predicted molar refractivity (Wildman–Crippen MR) is 110 cm³/mol. The molecule has 0 bridgehead atoms. The van der Waals surface area contributed by atoms with Gasteiger partial charge >= 0.3 is 0 Å². The molecule has 0 heterocycles. The van der Waals surface area contributed by atoms with Crippen LogP contribution in [0, 0.1) is 0 Å². The molecule has 0 radical (unpaired) electrons. The van der Waals surface area contributed by atoms with E-state index >= 15 is 0 Å². The van der Waals surface area contributed by atoms with Crippen molar-refractivity contribution in [3.05, 3.63) is 97.1 Å². The van der Waals surface area contributed by atoms with E-state index in [-0.39, 0.29) is 23.0 Å². The Morgan fingerprint density at radius 2 is 0.750 bits per heavy atom. The van der Waals surface area contributed by atoms with Crippen molar-refractivity contribution in [1.82, 2.24) is 0 Å². The van der Waals surface area contributed by atoms with Crippen molar-refractivity contribution in [3.63, 3.8) is 0 Å². The molecule has 0 spiro atoms. The fourth-order valence-corrected chi connectivity index (χ4v) is 2.75. The van der Waals surface area contributed by atoms with E-state index in [1.807, 2.05) is 60.7 Å². The van der Waals surface area contributed by atoms with E-state index in [1.165, 1.54) is 24.3 Å². The van der Waals surface area contributed by atoms with E-state index in [1.54, 1.807) is 12.1 Å². The van der Waals surface area contributed by atoms with Gasteiger partial charge < -0.3 is 20.4 Å². The average Bonchev–Trinajstić information content (AvgIpc) is 2.73. The second-order valence-electron chi connectivity index (χ2n) is 6.13. The van der Waals surface area contributed by atoms with Gasteiger partial charge in [-0.15, -0.1) is 0 Å². The van der Waals surface area contributed by atoms with Crippen LogP contribution in [0.1, 0.15) is 0 Å². The van der Waals surface area contributed by atoms with Crippen LogP contribution < -0.4 is 0 Å². The minimum atomic E-state index is 0.154. The van der Waals surface area contributed by atoms with Gasteiger partial charge in [0.1, 0.15) is 23.0 Å². The molecule has 4 aromatic carbocycles. The maximum Gasteiger partial charge on any atom is 0.123 e. The van der Waals surface area contributed by atoms with Crippen molar-refractivity contribution in [2.45, 2.75) is 0 Å². The summed E-state index contributed by atoms with van der Waals surface area (Å²) < 4.78 is 0. The van der Waals surface area contributed by atoms with E-state index in [4.69, 9.17) is 0 Å². The third kappa shape index (κ3) is 4.62. The second-order valence-corrected chi connectivity index (χ2v) is 6.13. The predicted octanol–water partition coefficient (Wildman–Crippen LogP) is 5.53. The third-order valence-electron chi connectivity index (χ3n) is 4.13. The van der Waals surface area contributed by atoms with Crippen LogP contribution in [0.4, 0.5) is 0 Å². The van der Waals surface area contributed by atoms with Crippen molar-refractivity contribution in [2.75, 3.05) is 0 Å². The monoisotopic (exact) mass is 372 g/mol. The van der Waals surface area contributed by atoms with Gasteiger partial charge in [0.05, 0.1) is 0 Å². The van der Waals surface area contributed by atoms with Crippen molar-refractivity contribution < 1.29 is 20.4 Å². The Hall–Kier alpha value is -3.92. The number of phenolic OH excluding ortho intramolecular Hbond substituents is 4. The maximum atomic E-state index is 9.58. The van der Waals surface area contributed by atoms with E-state index in [9.17, 15) is 20.4 Å². The van der Waals surface area contributed by atoms with Crippen molar-refractivity contribution >= 4 is 0 Å². The molecule has 4 heteroatoms. The summed E-state index contributed by atoms with van der Waals surface area (Å²) in [6.45, 7) is 0. The number of hydrogen-bond acceptors (Lipinski definition) is 4. The minimum Gasteiger partial charge on any atom is -0.508 e. The number of phenols is 4. The molecule has 0 amide bonds. The summed E-state index contributed by atoms with van der Waals surface area (Å²) in [4.78, 5) is 0. The zero-order valence-corrected chi connectivity index (χ0v) is 15.0. The Labute approximate surface area is 163 Å². The van der Waals surface area contributed by atoms with E-state index in [2.05, 4.69) is 0 Å². The molecule has 28 heavy (non-hydrogen) atoms. The van der Waals surface area contributed by atoms with E-state index in [0.29, 0.717) is 11.1 Å². The Kier molecular flexibility index (Phi) is 5.82. The van der Waals surface area contributed by atoms with Crippen LogP contribution in [0.2, 0.25) is 0 Å². The molecule has 0 saturated carbocycles. The number of hydrogen-bond donors (Lipinski definition) is 4. The highest BCUT2D eigenvalue weighted by molar-refractivity contribution is 5.72. The van der Waals surface area contributed by atoms with Crippen LogP contribution in [-0.4, -0.2) is 20.4 Å². The molecule has 0 aliphatic rings. The highest BCUT2D eigenvalue weighted by Crippen LogP contribution is 2.32. The van der Waals surface area contributed by atoms with Crippen LogP contribution in [0.3, 0.4) is 0 Å². The molecule has 0 fully saturated rings. The lowest BCUT2D eigenvalue weighted by molar-refractivity contribution is 0.462. The highest BCUT2D eigenvalue weighted by Gasteiger charge is 2.04. The number of rotatable bonds is 2. The first kappa shape index (κ1) is 18.9. The van der Waals surface area contributed by atoms with Gasteiger partial charge in [-0.1, -0.05) is 60.7 Å². The topological polar surface area (TPSA) is 80.9 Å². The zero-order valence-electron chi connectivity index (χ0n) is 15.0. The van der Waals surface area contributed by atoms with E-state index < -0.39 is 0 Å². The molecule has 4 N–H and O–H groups in total. The average molecular weight is 372 g/mol. The second kappa shape index (κ2) is 8.64. The molecule has 0 atom stereocenters. The molecule has 4 nitrogen and oxygen atoms in total. The molecular weight excluding hydrogens is 352 g/mol. The summed E-state index contributed by atoms with van der Waals surface area (Å²) in [6.07, 6.45) is 0. The maximum absolute atomic E-state index is 9.58. The largest absolute Gasteiger partial charge is 0.508 e. The quantitative estimate of drug-likeness (QED) is 0.349. The molecule has 4 rings (SSSR count). The van der Waals surface area contributed by atoms with Crippen LogP contribution in [0.5, 0.6) is 23.0 Å². The number of aromatic hydroxyl groups is 4. The van der Waals surface area contributed by atoms with Gasteiger partial charge in [0, 0.05) is 11.1 Å². The van der Waals surface area contributed by atoms with Gasteiger partial charge in [0.25, 0.3) is 0 Å². The summed E-state index contributed by atoms with van der Waals surface area (Å²) in [5.74, 6) is 0.659. The fraction of sp³-hybridized carbons (Fsp3) is 0. The molecule has 140 valence electrons. The van der Waals surface area contributed by atoms with Gasteiger partial charge in [-0.05, 0) is 47.5 Å². The SMILES string of the molecule is Oc1ccc(O)c(-c2ccccc2)c1.Oc1ccc(O)c(-c2ccccc2)c1. The minimum absolute atomic E-state index is 0.154. The summed E-state index contributed by atoms with van der Waals surface area (Å²) in [5, 5.41) is 37.7. The first-order chi connectivity index (χ1) is 13.5. The van der Waals surface area contributed by atoms with Crippen LogP contribution in [0.25, 0.3) is 22.3 Å². The smallest absolute Gasteiger partial charge is 0.123 e. The zero-order chi connectivity index (χ0) is 19.9. The molecule has 0 aliphatic heterocycles. The van der Waals surface area contributed by atoms with Gasteiger partial charge in [-0.25, -0.2) is 0 Å². The molecule has 0 aromatic heterocycles. The summed E-state index contributed by atoms with van der Waals surface area (Å²) in [6, 6.07) is 27.9. The van der Waals surface area contributed by atoms with E-state index in [0.717, 1.165) is 11.1 Å². The van der Waals surface area contributed by atoms with Crippen LogP contribution in [-0.2, 0) is 0 Å². The molecule has 4 aromatic rings. The van der Waals surface area contributed by atoms with Crippen LogP contribution >= 0.6 is 0 Å². The van der Waals surface area contributed by atoms with Gasteiger partial charge in [0.15, 0.2) is 0 Å². The summed E-state index contributed by atoms with van der Waals surface area (Å²) >= 11 is 0. The molecule has 0 aliphatic carbocycles. The van der Waals surface area contributed by atoms with Gasteiger partial charge in [-0.3, -0.25) is 0 Å². The Morgan fingerprint density at radius 1 is 0.393 bits per heavy atom. The van der Waals surface area contributed by atoms with Crippen molar-refractivity contribution in [3.8, 4) is 45.3 Å². The normalized spacial score (nSPS) is 10.0. The Morgan fingerprint density at radius 3 is 1.11 bits per heavy atom. The summed E-state index contributed by atoms with van der Waals surface area (Å²) in [5.41, 5.74) is 3.07. The Bertz CT molecular complexity index is 958. The van der Waals surface area contributed by atoms with Crippen molar-refractivity contribution in [2.24, 2.45) is 0 Å². The van der Waals surface area contributed by atoms with Gasteiger partial charge in [0.2, 0.25) is 0 Å². The van der Waals surface area contributed by atoms with Crippen LogP contribution in [0.15, 0.2) is 97.1 Å². The fourth-order valence-electron chi connectivity index (χ4n) is 2.75. The van der Waals surface area contributed by atoms with Crippen molar-refractivity contribution in [1.29, 1.82) is 0 Å². The van der Waals surface area contributed by atoms with Gasteiger partial charge in [-0.2, -0.15) is 0 Å². The third-order valence-corrected chi connectivity index (χ3v) is 4.13. The lowest BCUT2D eigenvalue weighted by Gasteiger charge is -2.04. The molecular formula is C24H20O4. The molecule has 0 unspecified atom stereocenters. The lowest BCUT2D eigenvalue weighted by atomic mass is 10.0. The summed E-state index contributed by atoms with van der Waals surface area (Å²) in [7, 11) is 0. The molecule has 0 saturated heterocycles. The highest BCUT2D eigenvalue weighted by atomic mass is 16.3. The number of benzene rings is 4. The Balaban J connectivity index is 0.000000161.